The molecule has 2 saturated heterocycles. The minimum atomic E-state index is -0.638. The van der Waals surface area contributed by atoms with Crippen LogP contribution in [0.1, 0.15) is 18.4 Å². The number of carbonyl (C=O) groups excluding carboxylic acids is 1. The van der Waals surface area contributed by atoms with Gasteiger partial charge in [0.1, 0.15) is 12.2 Å². The SMILES string of the molecule is CN(C)CC1OC2CC(CC(=O)NCc3cnn(C)c3)OC2C1O. The molecule has 0 spiro atoms. The predicted molar refractivity (Wildman–Crippen MR) is 86.2 cm³/mol. The Balaban J connectivity index is 1.43. The fraction of sp³-hybridized carbons (Fsp3) is 0.750. The lowest BCUT2D eigenvalue weighted by Crippen LogP contribution is -2.38. The van der Waals surface area contributed by atoms with E-state index in [1.807, 2.05) is 32.2 Å². The summed E-state index contributed by atoms with van der Waals surface area (Å²) in [5.74, 6) is -0.0665. The zero-order valence-corrected chi connectivity index (χ0v) is 14.4. The Kier molecular flexibility index (Phi) is 5.19. The van der Waals surface area contributed by atoms with Gasteiger partial charge in [0.05, 0.1) is 30.9 Å². The van der Waals surface area contributed by atoms with Crippen LogP contribution in [0.4, 0.5) is 0 Å². The first-order valence-electron chi connectivity index (χ1n) is 8.30. The van der Waals surface area contributed by atoms with Gasteiger partial charge in [-0.05, 0) is 14.1 Å². The van der Waals surface area contributed by atoms with Crippen molar-refractivity contribution >= 4 is 5.91 Å². The van der Waals surface area contributed by atoms with Gasteiger partial charge in [0.15, 0.2) is 0 Å². The normalized spacial score (nSPS) is 32.3. The van der Waals surface area contributed by atoms with Crippen molar-refractivity contribution in [3.8, 4) is 0 Å². The smallest absolute Gasteiger partial charge is 0.222 e. The number of ether oxygens (including phenoxy) is 2. The second-order valence-electron chi connectivity index (χ2n) is 6.93. The van der Waals surface area contributed by atoms with Crippen LogP contribution in [-0.4, -0.2) is 76.9 Å². The Morgan fingerprint density at radius 2 is 2.29 bits per heavy atom. The van der Waals surface area contributed by atoms with Crippen LogP contribution in [0.15, 0.2) is 12.4 Å². The third kappa shape index (κ3) is 3.94. The van der Waals surface area contributed by atoms with Crippen LogP contribution in [-0.2, 0) is 27.9 Å². The summed E-state index contributed by atoms with van der Waals surface area (Å²) < 4.78 is 13.5. The monoisotopic (exact) mass is 338 g/mol. The number of amides is 1. The van der Waals surface area contributed by atoms with Gasteiger partial charge < -0.3 is 24.8 Å². The molecule has 1 aromatic heterocycles. The van der Waals surface area contributed by atoms with E-state index in [1.54, 1.807) is 10.9 Å². The summed E-state index contributed by atoms with van der Waals surface area (Å²) in [5.41, 5.74) is 0.959. The molecule has 3 heterocycles. The number of aryl methyl sites for hydroxylation is 1. The first-order valence-corrected chi connectivity index (χ1v) is 8.30. The van der Waals surface area contributed by atoms with Gasteiger partial charge in [0.25, 0.3) is 0 Å². The van der Waals surface area contributed by atoms with Gasteiger partial charge in [0.2, 0.25) is 5.91 Å². The minimum absolute atomic E-state index is 0.0665. The summed E-state index contributed by atoms with van der Waals surface area (Å²) in [6.45, 7) is 1.12. The number of aromatic nitrogens is 2. The number of carbonyl (C=O) groups is 1. The summed E-state index contributed by atoms with van der Waals surface area (Å²) >= 11 is 0. The highest BCUT2D eigenvalue weighted by Gasteiger charge is 2.50. The van der Waals surface area contributed by atoms with Crippen molar-refractivity contribution in [1.29, 1.82) is 0 Å². The number of fused-ring (bicyclic) bond motifs is 1. The molecule has 3 rings (SSSR count). The van der Waals surface area contributed by atoms with Gasteiger partial charge in [-0.25, -0.2) is 0 Å². The third-order valence-corrected chi connectivity index (χ3v) is 4.48. The van der Waals surface area contributed by atoms with Gasteiger partial charge in [0, 0.05) is 38.3 Å². The van der Waals surface area contributed by atoms with E-state index in [9.17, 15) is 9.90 Å². The maximum Gasteiger partial charge on any atom is 0.222 e. The molecule has 1 amide bonds. The van der Waals surface area contributed by atoms with Crippen molar-refractivity contribution in [2.75, 3.05) is 20.6 Å². The van der Waals surface area contributed by atoms with E-state index in [4.69, 9.17) is 9.47 Å². The van der Waals surface area contributed by atoms with E-state index in [1.165, 1.54) is 0 Å². The van der Waals surface area contributed by atoms with Crippen LogP contribution in [0, 0.1) is 0 Å². The highest BCUT2D eigenvalue weighted by molar-refractivity contribution is 5.76. The summed E-state index contributed by atoms with van der Waals surface area (Å²) in [4.78, 5) is 14.0. The quantitative estimate of drug-likeness (QED) is 0.711. The van der Waals surface area contributed by atoms with Gasteiger partial charge in [-0.3, -0.25) is 9.48 Å². The molecule has 5 atom stereocenters. The van der Waals surface area contributed by atoms with Crippen LogP contribution >= 0.6 is 0 Å². The molecule has 2 aliphatic heterocycles. The molecule has 24 heavy (non-hydrogen) atoms. The van der Waals surface area contributed by atoms with E-state index in [2.05, 4.69) is 10.4 Å². The van der Waals surface area contributed by atoms with E-state index in [0.29, 0.717) is 19.5 Å². The highest BCUT2D eigenvalue weighted by Crippen LogP contribution is 2.35. The van der Waals surface area contributed by atoms with E-state index < -0.39 is 6.10 Å². The Labute approximate surface area is 141 Å². The second-order valence-corrected chi connectivity index (χ2v) is 6.93. The van der Waals surface area contributed by atoms with Gasteiger partial charge in [-0.15, -0.1) is 0 Å². The number of hydrogen-bond donors (Lipinski definition) is 2. The summed E-state index contributed by atoms with van der Waals surface area (Å²) in [5, 5.41) is 17.3. The topological polar surface area (TPSA) is 88.9 Å². The lowest BCUT2D eigenvalue weighted by Gasteiger charge is -2.22. The molecule has 8 heteroatoms. The number of rotatable bonds is 6. The van der Waals surface area contributed by atoms with E-state index in [0.717, 1.165) is 5.56 Å². The minimum Gasteiger partial charge on any atom is -0.388 e. The first kappa shape index (κ1) is 17.3. The standard InChI is InChI=1S/C16H26N4O4/c1-19(2)9-13-15(22)16-12(24-13)4-11(23-16)5-14(21)17-6-10-7-18-20(3)8-10/h7-8,11-13,15-16,22H,4-6,9H2,1-3H3,(H,17,21). The summed E-state index contributed by atoms with van der Waals surface area (Å²) in [7, 11) is 5.73. The third-order valence-electron chi connectivity index (χ3n) is 4.48. The molecule has 134 valence electrons. The van der Waals surface area contributed by atoms with E-state index in [-0.39, 0.29) is 36.7 Å². The lowest BCUT2D eigenvalue weighted by molar-refractivity contribution is -0.125. The summed E-state index contributed by atoms with van der Waals surface area (Å²) in [6.07, 6.45) is 3.00. The largest absolute Gasteiger partial charge is 0.388 e. The Morgan fingerprint density at radius 3 is 2.92 bits per heavy atom. The first-order chi connectivity index (χ1) is 11.4. The van der Waals surface area contributed by atoms with Crippen molar-refractivity contribution in [3.05, 3.63) is 18.0 Å². The maximum atomic E-state index is 12.1. The van der Waals surface area contributed by atoms with Gasteiger partial charge >= 0.3 is 0 Å². The molecule has 5 unspecified atom stereocenters. The highest BCUT2D eigenvalue weighted by atomic mass is 16.6. The Bertz CT molecular complexity index is 576. The van der Waals surface area contributed by atoms with Gasteiger partial charge in [-0.1, -0.05) is 0 Å². The molecule has 2 fully saturated rings. The molecule has 0 radical (unpaired) electrons. The van der Waals surface area contributed by atoms with Gasteiger partial charge in [-0.2, -0.15) is 5.10 Å². The molecule has 0 aliphatic carbocycles. The maximum absolute atomic E-state index is 12.1. The Hall–Kier alpha value is -1.48. The molecule has 2 aliphatic rings. The average molecular weight is 338 g/mol. The van der Waals surface area contributed by atoms with Crippen LogP contribution in [0.5, 0.6) is 0 Å². The van der Waals surface area contributed by atoms with Crippen molar-refractivity contribution < 1.29 is 19.4 Å². The van der Waals surface area contributed by atoms with Crippen LogP contribution < -0.4 is 5.32 Å². The number of hydrogen-bond acceptors (Lipinski definition) is 6. The molecular weight excluding hydrogens is 312 g/mol. The number of likely N-dealkylation sites (N-methyl/N-ethyl adjacent to an activating group) is 1. The van der Waals surface area contributed by atoms with Crippen molar-refractivity contribution in [3.63, 3.8) is 0 Å². The number of aliphatic hydroxyl groups excluding tert-OH is 1. The molecule has 8 nitrogen and oxygen atoms in total. The average Bonchev–Trinajstić information content (AvgIpc) is 3.15. The molecule has 0 bridgehead atoms. The van der Waals surface area contributed by atoms with Crippen LogP contribution in [0.3, 0.4) is 0 Å². The van der Waals surface area contributed by atoms with E-state index >= 15 is 0 Å². The second kappa shape index (κ2) is 7.18. The predicted octanol–water partition coefficient (Wildman–Crippen LogP) is -0.726. The zero-order valence-electron chi connectivity index (χ0n) is 14.4. The van der Waals surface area contributed by atoms with Crippen molar-refractivity contribution in [1.82, 2.24) is 20.0 Å². The number of nitrogens with one attached hydrogen (secondary N) is 1. The molecule has 1 aromatic rings. The van der Waals surface area contributed by atoms with Crippen molar-refractivity contribution in [2.24, 2.45) is 7.05 Å². The molecule has 0 aromatic carbocycles. The molecular formula is C16H26N4O4. The zero-order chi connectivity index (χ0) is 17.3. The Morgan fingerprint density at radius 1 is 1.50 bits per heavy atom. The summed E-state index contributed by atoms with van der Waals surface area (Å²) in [6, 6.07) is 0. The lowest BCUT2D eigenvalue weighted by atomic mass is 10.1. The fourth-order valence-electron chi connectivity index (χ4n) is 3.39. The van der Waals surface area contributed by atoms with Crippen LogP contribution in [0.2, 0.25) is 0 Å². The number of nitrogens with zero attached hydrogens (tertiary/aromatic N) is 3. The number of aliphatic hydroxyl groups is 1. The fourth-order valence-corrected chi connectivity index (χ4v) is 3.39. The van der Waals surface area contributed by atoms with Crippen molar-refractivity contribution in [2.45, 2.75) is 49.9 Å². The molecule has 2 N–H and O–H groups in total. The molecule has 0 saturated carbocycles. The van der Waals surface area contributed by atoms with Crippen LogP contribution in [0.25, 0.3) is 0 Å².